The smallest absolute Gasteiger partial charge is 0.335 e. The number of carboxylic acid groups (broad SMARTS) is 1. The third-order valence-corrected chi connectivity index (χ3v) is 8.09. The van der Waals surface area contributed by atoms with Crippen LogP contribution >= 0.6 is 0 Å². The Labute approximate surface area is 257 Å². The van der Waals surface area contributed by atoms with Crippen molar-refractivity contribution in [3.05, 3.63) is 112 Å². The molecular formula is C34H30F3N3O5. The van der Waals surface area contributed by atoms with Crippen LogP contribution in [0.25, 0.3) is 22.3 Å². The highest BCUT2D eigenvalue weighted by molar-refractivity contribution is 5.92. The molecule has 232 valence electrons. The number of halogens is 3. The number of benzene rings is 3. The molecule has 8 nitrogen and oxygen atoms in total. The van der Waals surface area contributed by atoms with Gasteiger partial charge >= 0.3 is 5.97 Å². The van der Waals surface area contributed by atoms with E-state index in [1.807, 2.05) is 0 Å². The monoisotopic (exact) mass is 617 g/mol. The van der Waals surface area contributed by atoms with Crippen LogP contribution in [0.1, 0.15) is 39.3 Å². The van der Waals surface area contributed by atoms with Crippen LogP contribution in [0, 0.1) is 24.4 Å². The summed E-state index contributed by atoms with van der Waals surface area (Å²) < 4.78 is 64.3. The number of methoxy groups -OCH3 is 1. The average molecular weight is 618 g/mol. The van der Waals surface area contributed by atoms with Crippen LogP contribution in [0.4, 0.5) is 13.2 Å². The zero-order chi connectivity index (χ0) is 31.7. The van der Waals surface area contributed by atoms with Crippen molar-refractivity contribution in [2.24, 2.45) is 0 Å². The van der Waals surface area contributed by atoms with Crippen molar-refractivity contribution in [3.63, 3.8) is 0 Å². The number of hydrogen-bond donors (Lipinski definition) is 1. The summed E-state index contributed by atoms with van der Waals surface area (Å²) in [7, 11) is 1.58. The fraction of sp³-hybridized carbons (Fsp3) is 0.265. The van der Waals surface area contributed by atoms with Crippen molar-refractivity contribution >= 4 is 17.0 Å². The second kappa shape index (κ2) is 12.3. The number of imidazole rings is 1. The molecule has 0 spiro atoms. The van der Waals surface area contributed by atoms with Crippen LogP contribution in [0.15, 0.2) is 66.7 Å². The minimum Gasteiger partial charge on any atom is -0.478 e. The number of aromatic nitrogens is 3. The van der Waals surface area contributed by atoms with E-state index in [2.05, 4.69) is 9.97 Å². The lowest BCUT2D eigenvalue weighted by Crippen LogP contribution is -2.37. The van der Waals surface area contributed by atoms with Crippen molar-refractivity contribution in [2.45, 2.75) is 38.5 Å². The van der Waals surface area contributed by atoms with E-state index in [9.17, 15) is 14.3 Å². The van der Waals surface area contributed by atoms with Crippen LogP contribution in [0.5, 0.6) is 5.88 Å². The Balaban J connectivity index is 1.30. The van der Waals surface area contributed by atoms with Gasteiger partial charge in [-0.1, -0.05) is 18.2 Å². The van der Waals surface area contributed by atoms with E-state index in [-0.39, 0.29) is 47.8 Å². The second-order valence-corrected chi connectivity index (χ2v) is 11.2. The van der Waals surface area contributed by atoms with Crippen molar-refractivity contribution in [2.75, 3.05) is 20.3 Å². The molecule has 5 aromatic rings. The Hall–Kier alpha value is -4.74. The van der Waals surface area contributed by atoms with Crippen LogP contribution in [-0.4, -0.2) is 51.5 Å². The van der Waals surface area contributed by atoms with Gasteiger partial charge in [0.15, 0.2) is 0 Å². The van der Waals surface area contributed by atoms with Crippen molar-refractivity contribution < 1.29 is 37.3 Å². The predicted molar refractivity (Wildman–Crippen MR) is 160 cm³/mol. The number of rotatable bonds is 10. The first kappa shape index (κ1) is 30.3. The van der Waals surface area contributed by atoms with E-state index in [1.54, 1.807) is 48.9 Å². The second-order valence-electron chi connectivity index (χ2n) is 11.2. The Morgan fingerprint density at radius 2 is 1.82 bits per heavy atom. The lowest BCUT2D eigenvalue weighted by atomic mass is 10.0. The summed E-state index contributed by atoms with van der Waals surface area (Å²) in [6.07, 6.45) is 0.536. The molecule has 1 saturated heterocycles. The minimum atomic E-state index is -1.09. The van der Waals surface area contributed by atoms with E-state index in [0.29, 0.717) is 42.1 Å². The van der Waals surface area contributed by atoms with Gasteiger partial charge < -0.3 is 23.9 Å². The Bertz CT molecular complexity index is 1900. The van der Waals surface area contributed by atoms with Gasteiger partial charge in [-0.25, -0.2) is 27.9 Å². The highest BCUT2D eigenvalue weighted by atomic mass is 19.1. The van der Waals surface area contributed by atoms with Crippen LogP contribution in [0.3, 0.4) is 0 Å². The van der Waals surface area contributed by atoms with Crippen molar-refractivity contribution in [1.82, 2.24) is 14.5 Å². The summed E-state index contributed by atoms with van der Waals surface area (Å²) in [5, 5.41) is 9.57. The Morgan fingerprint density at radius 1 is 1.00 bits per heavy atom. The zero-order valence-electron chi connectivity index (χ0n) is 24.6. The fourth-order valence-electron chi connectivity index (χ4n) is 5.50. The zero-order valence-corrected chi connectivity index (χ0v) is 24.6. The number of aromatic carboxylic acids is 1. The molecule has 1 atom stereocenters. The van der Waals surface area contributed by atoms with Gasteiger partial charge in [0.05, 0.1) is 35.4 Å². The molecule has 0 amide bonds. The maximum absolute atomic E-state index is 15.6. The minimum absolute atomic E-state index is 0.0580. The van der Waals surface area contributed by atoms with E-state index in [1.165, 1.54) is 24.3 Å². The van der Waals surface area contributed by atoms with Crippen molar-refractivity contribution in [3.8, 4) is 17.1 Å². The molecule has 1 fully saturated rings. The average Bonchev–Trinajstić information content (AvgIpc) is 3.63. The highest BCUT2D eigenvalue weighted by Crippen LogP contribution is 2.31. The summed E-state index contributed by atoms with van der Waals surface area (Å²) in [4.78, 5) is 20.7. The number of fused-ring (bicyclic) bond motifs is 1. The van der Waals surface area contributed by atoms with Gasteiger partial charge in [-0.2, -0.15) is 0 Å². The molecule has 3 aromatic carbocycles. The van der Waals surface area contributed by atoms with E-state index in [0.717, 1.165) is 17.7 Å². The normalized spacial score (nSPS) is 16.4. The predicted octanol–water partition coefficient (Wildman–Crippen LogP) is 6.50. The van der Waals surface area contributed by atoms with Crippen LogP contribution in [0.2, 0.25) is 0 Å². The van der Waals surface area contributed by atoms with Crippen LogP contribution < -0.4 is 4.74 Å². The summed E-state index contributed by atoms with van der Waals surface area (Å²) in [5.41, 5.74) is 1.72. The maximum Gasteiger partial charge on any atom is 0.335 e. The number of nitrogens with zero attached hydrogens (tertiary/aromatic N) is 3. The summed E-state index contributed by atoms with van der Waals surface area (Å²) in [6, 6.07) is 16.2. The number of hydrogen-bond acceptors (Lipinski definition) is 6. The molecule has 1 aliphatic rings. The molecule has 11 heteroatoms. The van der Waals surface area contributed by atoms with E-state index < -0.39 is 29.0 Å². The number of carbonyl (C=O) groups is 1. The molecule has 1 unspecified atom stereocenters. The molecule has 0 radical (unpaired) electrons. The van der Waals surface area contributed by atoms with Gasteiger partial charge in [-0.3, -0.25) is 0 Å². The van der Waals surface area contributed by atoms with E-state index in [4.69, 9.17) is 14.2 Å². The third-order valence-electron chi connectivity index (χ3n) is 8.09. The number of carboxylic acids is 1. The van der Waals surface area contributed by atoms with Gasteiger partial charge in [-0.15, -0.1) is 0 Å². The van der Waals surface area contributed by atoms with Crippen LogP contribution in [-0.2, 0) is 29.0 Å². The molecule has 2 aromatic heterocycles. The highest BCUT2D eigenvalue weighted by Gasteiger charge is 2.36. The molecule has 0 saturated carbocycles. The Morgan fingerprint density at radius 3 is 2.56 bits per heavy atom. The fourth-order valence-corrected chi connectivity index (χ4v) is 5.50. The van der Waals surface area contributed by atoms with Gasteiger partial charge in [0.2, 0.25) is 5.88 Å². The first-order valence-electron chi connectivity index (χ1n) is 14.3. The third kappa shape index (κ3) is 6.27. The summed E-state index contributed by atoms with van der Waals surface area (Å²) in [6.45, 7) is 2.82. The standard InChI is InChI=1S/C34H30F3N3O5/c1-20-6-7-22(25(35)12-20)17-45-32-5-3-4-28(39-32)24-16-26(36)23(13-27(24)37)15-31-38-29-9-8-21(33(41)42)14-30(29)40(31)18-34(43-2)10-11-44-19-34/h3-9,12-14,16H,10-11,15,17-19H2,1-2H3,(H,41,42). The molecule has 6 rings (SSSR count). The topological polar surface area (TPSA) is 95.7 Å². The lowest BCUT2D eigenvalue weighted by Gasteiger charge is -2.27. The first-order valence-corrected chi connectivity index (χ1v) is 14.3. The largest absolute Gasteiger partial charge is 0.478 e. The lowest BCUT2D eigenvalue weighted by molar-refractivity contribution is -0.0292. The van der Waals surface area contributed by atoms with Gasteiger partial charge in [0, 0.05) is 43.8 Å². The number of aryl methyl sites for hydroxylation is 1. The molecule has 3 heterocycles. The van der Waals surface area contributed by atoms with E-state index >= 15 is 8.78 Å². The Kier molecular flexibility index (Phi) is 8.30. The number of ether oxygens (including phenoxy) is 3. The quantitative estimate of drug-likeness (QED) is 0.191. The molecule has 1 aliphatic heterocycles. The molecule has 0 aliphatic carbocycles. The maximum atomic E-state index is 15.6. The molecule has 0 bridgehead atoms. The van der Waals surface area contributed by atoms with Gasteiger partial charge in [0.25, 0.3) is 0 Å². The van der Waals surface area contributed by atoms with Gasteiger partial charge in [0.1, 0.15) is 35.5 Å². The SMILES string of the molecule is COC1(Cn2c(Cc3cc(F)c(-c4cccc(OCc5ccc(C)cc5F)n4)cc3F)nc3ccc(C(=O)O)cc32)CCOC1. The first-order chi connectivity index (χ1) is 21.6. The van der Waals surface area contributed by atoms with Gasteiger partial charge in [-0.05, 0) is 60.5 Å². The summed E-state index contributed by atoms with van der Waals surface area (Å²) in [5.74, 6) is -2.32. The van der Waals surface area contributed by atoms with Crippen molar-refractivity contribution in [1.29, 1.82) is 0 Å². The molecule has 1 N–H and O–H groups in total. The molecule has 45 heavy (non-hydrogen) atoms. The molecular weight excluding hydrogens is 587 g/mol. The number of pyridine rings is 1. The summed E-state index contributed by atoms with van der Waals surface area (Å²) >= 11 is 0.